The van der Waals surface area contributed by atoms with Gasteiger partial charge in [0.15, 0.2) is 5.79 Å². The maximum atomic E-state index is 5.70. The molecule has 2 aliphatic rings. The average molecular weight is 283 g/mol. The third-order valence-electron chi connectivity index (χ3n) is 2.49. The number of piperidine rings is 1. The Hall–Kier alpha value is 0.610. The fourth-order valence-electron chi connectivity index (χ4n) is 1.73. The second-order valence-corrected chi connectivity index (χ2v) is 4.74. The van der Waals surface area contributed by atoms with Crippen molar-refractivity contribution in [2.24, 2.45) is 0 Å². The van der Waals surface area contributed by atoms with Gasteiger partial charge in [-0.3, -0.25) is 0 Å². The Balaban J connectivity index is 1.92. The largest absolute Gasteiger partial charge is 0.350 e. The zero-order valence-corrected chi connectivity index (χ0v) is 9.25. The SMILES string of the molecule is IN1CCC2(CC1)OCCCO2. The van der Waals surface area contributed by atoms with Crippen LogP contribution in [0.15, 0.2) is 0 Å². The second-order valence-electron chi connectivity index (χ2n) is 3.37. The molecule has 1 spiro atoms. The van der Waals surface area contributed by atoms with Crippen molar-refractivity contribution < 1.29 is 9.47 Å². The molecule has 0 aromatic carbocycles. The van der Waals surface area contributed by atoms with Crippen LogP contribution in [0.5, 0.6) is 0 Å². The van der Waals surface area contributed by atoms with Gasteiger partial charge in [-0.2, -0.15) is 0 Å². The van der Waals surface area contributed by atoms with Gasteiger partial charge in [-0.05, 0) is 6.42 Å². The standard InChI is InChI=1S/C8H14INO2/c9-10-4-2-8(3-5-10)11-6-1-7-12-8/h1-7H2. The lowest BCUT2D eigenvalue weighted by Gasteiger charge is -2.41. The number of rotatable bonds is 0. The summed E-state index contributed by atoms with van der Waals surface area (Å²) in [5, 5.41) is 0. The fraction of sp³-hybridized carbons (Fsp3) is 1.00. The Morgan fingerprint density at radius 2 is 1.67 bits per heavy atom. The molecule has 0 aromatic rings. The zero-order chi connectivity index (χ0) is 8.44. The van der Waals surface area contributed by atoms with Crippen LogP contribution in [0.1, 0.15) is 19.3 Å². The lowest BCUT2D eigenvalue weighted by molar-refractivity contribution is -0.279. The molecule has 0 amide bonds. The van der Waals surface area contributed by atoms with Crippen molar-refractivity contribution in [3.8, 4) is 0 Å². The molecule has 2 rings (SSSR count). The van der Waals surface area contributed by atoms with Gasteiger partial charge in [0, 0.05) is 48.8 Å². The van der Waals surface area contributed by atoms with Crippen LogP contribution in [0, 0.1) is 0 Å². The molecular formula is C8H14INO2. The van der Waals surface area contributed by atoms with E-state index in [1.54, 1.807) is 0 Å². The summed E-state index contributed by atoms with van der Waals surface area (Å²) in [6.07, 6.45) is 3.10. The van der Waals surface area contributed by atoms with Crippen LogP contribution in [-0.2, 0) is 9.47 Å². The van der Waals surface area contributed by atoms with E-state index in [4.69, 9.17) is 9.47 Å². The first-order chi connectivity index (χ1) is 5.81. The number of halogens is 1. The number of ether oxygens (including phenoxy) is 2. The Bertz CT molecular complexity index is 149. The van der Waals surface area contributed by atoms with Gasteiger partial charge >= 0.3 is 0 Å². The highest BCUT2D eigenvalue weighted by atomic mass is 127. The van der Waals surface area contributed by atoms with Crippen LogP contribution in [-0.4, -0.2) is 35.2 Å². The van der Waals surface area contributed by atoms with Crippen molar-refractivity contribution in [3.05, 3.63) is 0 Å². The molecule has 12 heavy (non-hydrogen) atoms. The van der Waals surface area contributed by atoms with Crippen molar-refractivity contribution in [2.75, 3.05) is 26.3 Å². The molecule has 3 nitrogen and oxygen atoms in total. The predicted molar refractivity (Wildman–Crippen MR) is 54.1 cm³/mol. The topological polar surface area (TPSA) is 21.7 Å². The lowest BCUT2D eigenvalue weighted by Crippen LogP contribution is -2.47. The molecule has 0 saturated carbocycles. The maximum Gasteiger partial charge on any atom is 0.170 e. The number of hydrogen-bond acceptors (Lipinski definition) is 3. The van der Waals surface area contributed by atoms with Crippen LogP contribution in [0.2, 0.25) is 0 Å². The van der Waals surface area contributed by atoms with Crippen molar-refractivity contribution >= 4 is 22.9 Å². The van der Waals surface area contributed by atoms with E-state index in [-0.39, 0.29) is 5.79 Å². The summed E-state index contributed by atoms with van der Waals surface area (Å²) in [6, 6.07) is 0. The van der Waals surface area contributed by atoms with Gasteiger partial charge in [-0.1, -0.05) is 0 Å². The quantitative estimate of drug-likeness (QED) is 0.497. The summed E-state index contributed by atoms with van der Waals surface area (Å²) in [6.45, 7) is 3.92. The lowest BCUT2D eigenvalue weighted by atomic mass is 10.0. The summed E-state index contributed by atoms with van der Waals surface area (Å²) >= 11 is 2.36. The molecule has 0 unspecified atom stereocenters. The Morgan fingerprint density at radius 3 is 2.25 bits per heavy atom. The Kier molecular flexibility index (Phi) is 2.89. The van der Waals surface area contributed by atoms with Gasteiger partial charge in [0.2, 0.25) is 0 Å². The fourth-order valence-corrected chi connectivity index (χ4v) is 2.21. The first-order valence-electron chi connectivity index (χ1n) is 4.49. The van der Waals surface area contributed by atoms with Crippen LogP contribution in [0.25, 0.3) is 0 Å². The molecule has 2 aliphatic heterocycles. The first-order valence-corrected chi connectivity index (χ1v) is 5.46. The third kappa shape index (κ3) is 1.92. The molecule has 0 N–H and O–H groups in total. The highest BCUT2D eigenvalue weighted by Gasteiger charge is 2.37. The highest BCUT2D eigenvalue weighted by Crippen LogP contribution is 2.31. The zero-order valence-electron chi connectivity index (χ0n) is 7.09. The van der Waals surface area contributed by atoms with Gasteiger partial charge < -0.3 is 9.47 Å². The van der Waals surface area contributed by atoms with E-state index in [2.05, 4.69) is 26.0 Å². The van der Waals surface area contributed by atoms with Crippen molar-refractivity contribution in [2.45, 2.75) is 25.0 Å². The summed E-state index contributed by atoms with van der Waals surface area (Å²) in [4.78, 5) is 0. The van der Waals surface area contributed by atoms with Gasteiger partial charge in [-0.25, -0.2) is 3.11 Å². The first kappa shape index (κ1) is 9.18. The summed E-state index contributed by atoms with van der Waals surface area (Å²) < 4.78 is 13.7. The maximum absolute atomic E-state index is 5.70. The van der Waals surface area contributed by atoms with E-state index >= 15 is 0 Å². The van der Waals surface area contributed by atoms with Gasteiger partial charge in [0.25, 0.3) is 0 Å². The molecule has 4 heteroatoms. The summed E-state index contributed by atoms with van der Waals surface area (Å²) in [7, 11) is 0. The normalized spacial score (nSPS) is 30.8. The van der Waals surface area contributed by atoms with E-state index in [9.17, 15) is 0 Å². The van der Waals surface area contributed by atoms with Gasteiger partial charge in [-0.15, -0.1) is 0 Å². The highest BCUT2D eigenvalue weighted by molar-refractivity contribution is 14.1. The molecule has 0 aliphatic carbocycles. The monoisotopic (exact) mass is 283 g/mol. The molecule has 0 bridgehead atoms. The molecule has 2 saturated heterocycles. The predicted octanol–water partition coefficient (Wildman–Crippen LogP) is 1.57. The number of hydrogen-bond donors (Lipinski definition) is 0. The summed E-state index contributed by atoms with van der Waals surface area (Å²) in [5.41, 5.74) is 0. The Morgan fingerprint density at radius 1 is 1.08 bits per heavy atom. The smallest absolute Gasteiger partial charge is 0.170 e. The minimum absolute atomic E-state index is 0.208. The molecular weight excluding hydrogens is 269 g/mol. The van der Waals surface area contributed by atoms with Crippen molar-refractivity contribution in [1.29, 1.82) is 0 Å². The van der Waals surface area contributed by atoms with E-state index < -0.39 is 0 Å². The van der Waals surface area contributed by atoms with Crippen molar-refractivity contribution in [1.82, 2.24) is 3.11 Å². The minimum atomic E-state index is -0.208. The van der Waals surface area contributed by atoms with E-state index in [0.717, 1.165) is 45.6 Å². The van der Waals surface area contributed by atoms with E-state index in [0.29, 0.717) is 0 Å². The summed E-state index contributed by atoms with van der Waals surface area (Å²) in [5.74, 6) is -0.208. The average Bonchev–Trinajstić information content (AvgIpc) is 2.13. The van der Waals surface area contributed by atoms with Crippen LogP contribution >= 0.6 is 22.9 Å². The molecule has 0 radical (unpaired) electrons. The molecule has 0 atom stereocenters. The van der Waals surface area contributed by atoms with Crippen LogP contribution in [0.4, 0.5) is 0 Å². The Labute approximate surface area is 86.9 Å². The molecule has 2 fully saturated rings. The molecule has 2 heterocycles. The van der Waals surface area contributed by atoms with Gasteiger partial charge in [0.05, 0.1) is 13.2 Å². The van der Waals surface area contributed by atoms with Crippen LogP contribution < -0.4 is 0 Å². The van der Waals surface area contributed by atoms with Gasteiger partial charge in [0.1, 0.15) is 0 Å². The minimum Gasteiger partial charge on any atom is -0.350 e. The number of nitrogens with zero attached hydrogens (tertiary/aromatic N) is 1. The molecule has 0 aromatic heterocycles. The second kappa shape index (κ2) is 3.77. The molecule has 70 valence electrons. The van der Waals surface area contributed by atoms with Crippen LogP contribution in [0.3, 0.4) is 0 Å². The van der Waals surface area contributed by atoms with E-state index in [1.807, 2.05) is 0 Å². The van der Waals surface area contributed by atoms with Crippen molar-refractivity contribution in [3.63, 3.8) is 0 Å². The van der Waals surface area contributed by atoms with E-state index in [1.165, 1.54) is 0 Å². The third-order valence-corrected chi connectivity index (χ3v) is 3.45.